The molecule has 0 bridgehead atoms. The molecule has 3 heteroatoms. The Kier molecular flexibility index (Phi) is 4.81. The highest BCUT2D eigenvalue weighted by molar-refractivity contribution is 5.74. The van der Waals surface area contributed by atoms with E-state index in [1.807, 2.05) is 20.8 Å². The van der Waals surface area contributed by atoms with Gasteiger partial charge in [-0.25, -0.2) is 4.79 Å². The third-order valence-corrected chi connectivity index (χ3v) is 1.50. The van der Waals surface area contributed by atoms with Crippen molar-refractivity contribution in [3.05, 3.63) is 0 Å². The highest BCUT2D eigenvalue weighted by Gasteiger charge is 2.12. The zero-order valence-corrected chi connectivity index (χ0v) is 9.40. The molecule has 3 nitrogen and oxygen atoms in total. The normalized spacial score (nSPS) is 11.5. The zero-order chi connectivity index (χ0) is 10.5. The third kappa shape index (κ3) is 9.18. The second-order valence-corrected chi connectivity index (χ2v) is 4.81. The van der Waals surface area contributed by atoms with Gasteiger partial charge in [0.25, 0.3) is 0 Å². The van der Waals surface area contributed by atoms with E-state index >= 15 is 0 Å². The van der Waals surface area contributed by atoms with Gasteiger partial charge in [-0.1, -0.05) is 13.8 Å². The minimum absolute atomic E-state index is 0.0758. The minimum atomic E-state index is -0.151. The maximum absolute atomic E-state index is 11.2. The van der Waals surface area contributed by atoms with Gasteiger partial charge in [0.2, 0.25) is 0 Å². The van der Waals surface area contributed by atoms with Crippen molar-refractivity contribution in [1.29, 1.82) is 0 Å². The third-order valence-electron chi connectivity index (χ3n) is 1.50. The number of carbonyl (C=O) groups excluding carboxylic acids is 1. The van der Waals surface area contributed by atoms with Crippen LogP contribution in [0.3, 0.4) is 0 Å². The predicted molar refractivity (Wildman–Crippen MR) is 55.7 cm³/mol. The van der Waals surface area contributed by atoms with E-state index in [0.717, 1.165) is 13.0 Å². The molecule has 2 N–H and O–H groups in total. The van der Waals surface area contributed by atoms with Crippen LogP contribution in [0.5, 0.6) is 0 Å². The molecule has 78 valence electrons. The summed E-state index contributed by atoms with van der Waals surface area (Å²) in [5.41, 5.74) is -0.151. The molecule has 0 aromatic carbocycles. The van der Waals surface area contributed by atoms with Crippen LogP contribution < -0.4 is 10.6 Å². The molecule has 0 rings (SSSR count). The smallest absolute Gasteiger partial charge is 0.315 e. The predicted octanol–water partition coefficient (Wildman–Crippen LogP) is 2.13. The first-order chi connectivity index (χ1) is 5.81. The van der Waals surface area contributed by atoms with Crippen molar-refractivity contribution in [1.82, 2.24) is 10.6 Å². The van der Waals surface area contributed by atoms with Gasteiger partial charge in [0.15, 0.2) is 0 Å². The molecule has 0 saturated carbocycles. The number of hydrogen-bond donors (Lipinski definition) is 2. The van der Waals surface area contributed by atoms with Crippen LogP contribution in [0.25, 0.3) is 0 Å². The van der Waals surface area contributed by atoms with Crippen molar-refractivity contribution in [2.24, 2.45) is 5.92 Å². The molecule has 0 unspecified atom stereocenters. The first-order valence-electron chi connectivity index (χ1n) is 4.87. The summed E-state index contributed by atoms with van der Waals surface area (Å²) in [6.45, 7) is 10.9. The lowest BCUT2D eigenvalue weighted by atomic mass is 10.1. The Bertz CT molecular complexity index is 159. The number of carbonyl (C=O) groups is 1. The molecule has 0 aromatic heterocycles. The van der Waals surface area contributed by atoms with Gasteiger partial charge in [-0.3, -0.25) is 0 Å². The molecule has 13 heavy (non-hydrogen) atoms. The van der Waals surface area contributed by atoms with Crippen molar-refractivity contribution in [3.8, 4) is 0 Å². The van der Waals surface area contributed by atoms with E-state index in [9.17, 15) is 4.79 Å². The summed E-state index contributed by atoms with van der Waals surface area (Å²) in [6.07, 6.45) is 1.03. The molecule has 0 atom stereocenters. The number of hydrogen-bond acceptors (Lipinski definition) is 1. The number of amides is 2. The Labute approximate surface area is 81.3 Å². The molecule has 0 aliphatic rings. The van der Waals surface area contributed by atoms with Crippen LogP contribution in [0.4, 0.5) is 4.79 Å². The fraction of sp³-hybridized carbons (Fsp3) is 0.900. The maximum Gasteiger partial charge on any atom is 0.315 e. The van der Waals surface area contributed by atoms with E-state index in [1.54, 1.807) is 0 Å². The van der Waals surface area contributed by atoms with Gasteiger partial charge in [-0.15, -0.1) is 0 Å². The fourth-order valence-corrected chi connectivity index (χ4v) is 0.859. The van der Waals surface area contributed by atoms with Crippen molar-refractivity contribution in [2.75, 3.05) is 6.54 Å². The van der Waals surface area contributed by atoms with E-state index < -0.39 is 0 Å². The van der Waals surface area contributed by atoms with Gasteiger partial charge in [0, 0.05) is 12.1 Å². The Hall–Kier alpha value is -0.730. The largest absolute Gasteiger partial charge is 0.338 e. The second kappa shape index (κ2) is 5.10. The highest BCUT2D eigenvalue weighted by Crippen LogP contribution is 1.98. The van der Waals surface area contributed by atoms with Crippen LogP contribution in [-0.4, -0.2) is 18.1 Å². The monoisotopic (exact) mass is 186 g/mol. The van der Waals surface area contributed by atoms with Crippen LogP contribution in [0.2, 0.25) is 0 Å². The lowest BCUT2D eigenvalue weighted by Gasteiger charge is -2.20. The molecule has 0 heterocycles. The molecule has 0 spiro atoms. The average molecular weight is 186 g/mol. The molecular weight excluding hydrogens is 164 g/mol. The molecule has 0 saturated heterocycles. The Morgan fingerprint density at radius 1 is 1.31 bits per heavy atom. The summed E-state index contributed by atoms with van der Waals surface area (Å²) in [5, 5.41) is 5.66. The number of urea groups is 1. The van der Waals surface area contributed by atoms with Gasteiger partial charge < -0.3 is 10.6 Å². The van der Waals surface area contributed by atoms with Crippen LogP contribution in [-0.2, 0) is 0 Å². The lowest BCUT2D eigenvalue weighted by molar-refractivity contribution is 0.231. The molecule has 2 amide bonds. The average Bonchev–Trinajstić information content (AvgIpc) is 1.81. The molecular formula is C10H22N2O. The highest BCUT2D eigenvalue weighted by atomic mass is 16.2. The minimum Gasteiger partial charge on any atom is -0.338 e. The topological polar surface area (TPSA) is 41.1 Å². The van der Waals surface area contributed by atoms with Crippen molar-refractivity contribution in [2.45, 2.75) is 46.6 Å². The van der Waals surface area contributed by atoms with Crippen LogP contribution in [0.1, 0.15) is 41.0 Å². The molecule has 0 aliphatic carbocycles. The standard InChI is InChI=1S/C10H22N2O/c1-8(2)6-7-11-9(13)12-10(3,4)5/h8H,6-7H2,1-5H3,(H2,11,12,13). The molecule has 0 fully saturated rings. The van der Waals surface area contributed by atoms with Gasteiger partial charge >= 0.3 is 6.03 Å². The summed E-state index contributed by atoms with van der Waals surface area (Å²) >= 11 is 0. The van der Waals surface area contributed by atoms with E-state index in [1.165, 1.54) is 0 Å². The Morgan fingerprint density at radius 3 is 2.23 bits per heavy atom. The second-order valence-electron chi connectivity index (χ2n) is 4.81. The molecule has 0 radical (unpaired) electrons. The number of nitrogens with one attached hydrogen (secondary N) is 2. The van der Waals surface area contributed by atoms with Gasteiger partial charge in [0.05, 0.1) is 0 Å². The van der Waals surface area contributed by atoms with Gasteiger partial charge in [-0.2, -0.15) is 0 Å². The Morgan fingerprint density at radius 2 is 1.85 bits per heavy atom. The summed E-state index contributed by atoms with van der Waals surface area (Å²) < 4.78 is 0. The Balaban J connectivity index is 3.53. The van der Waals surface area contributed by atoms with E-state index in [2.05, 4.69) is 24.5 Å². The van der Waals surface area contributed by atoms with Gasteiger partial charge in [0.1, 0.15) is 0 Å². The number of rotatable bonds is 3. The van der Waals surface area contributed by atoms with Gasteiger partial charge in [-0.05, 0) is 33.1 Å². The van der Waals surface area contributed by atoms with Crippen molar-refractivity contribution < 1.29 is 4.79 Å². The first-order valence-corrected chi connectivity index (χ1v) is 4.87. The quantitative estimate of drug-likeness (QED) is 0.696. The maximum atomic E-state index is 11.2. The zero-order valence-electron chi connectivity index (χ0n) is 9.40. The SMILES string of the molecule is CC(C)CCNC(=O)NC(C)(C)C. The van der Waals surface area contributed by atoms with Crippen LogP contribution in [0.15, 0.2) is 0 Å². The lowest BCUT2D eigenvalue weighted by Crippen LogP contribution is -2.46. The van der Waals surface area contributed by atoms with E-state index in [0.29, 0.717) is 5.92 Å². The molecule has 0 aliphatic heterocycles. The summed E-state index contributed by atoms with van der Waals surface area (Å²) in [6, 6.07) is -0.0758. The van der Waals surface area contributed by atoms with E-state index in [4.69, 9.17) is 0 Å². The van der Waals surface area contributed by atoms with Crippen LogP contribution in [0, 0.1) is 5.92 Å². The fourth-order valence-electron chi connectivity index (χ4n) is 0.859. The van der Waals surface area contributed by atoms with E-state index in [-0.39, 0.29) is 11.6 Å². The van der Waals surface area contributed by atoms with Crippen LogP contribution >= 0.6 is 0 Å². The molecule has 0 aromatic rings. The van der Waals surface area contributed by atoms with Crippen molar-refractivity contribution >= 4 is 6.03 Å². The summed E-state index contributed by atoms with van der Waals surface area (Å²) in [7, 11) is 0. The van der Waals surface area contributed by atoms with Crippen molar-refractivity contribution in [3.63, 3.8) is 0 Å². The first kappa shape index (κ1) is 12.3. The summed E-state index contributed by atoms with van der Waals surface area (Å²) in [5.74, 6) is 0.634. The summed E-state index contributed by atoms with van der Waals surface area (Å²) in [4.78, 5) is 11.2.